The molecule has 0 aliphatic heterocycles. The highest BCUT2D eigenvalue weighted by molar-refractivity contribution is 5.56. The van der Waals surface area contributed by atoms with Crippen LogP contribution in [0.1, 0.15) is 0 Å². The molecule has 0 atom stereocenters. The Balaban J connectivity index is 2.38. The first-order valence-corrected chi connectivity index (χ1v) is 6.47. The number of ether oxygens (including phenoxy) is 5. The molecule has 0 aliphatic rings. The van der Waals surface area contributed by atoms with E-state index in [0.29, 0.717) is 23.0 Å². The van der Waals surface area contributed by atoms with Crippen molar-refractivity contribution in [3.8, 4) is 40.2 Å². The third-order valence-corrected chi connectivity index (χ3v) is 3.01. The molecule has 6 nitrogen and oxygen atoms in total. The topological polar surface area (TPSA) is 66.4 Å². The molecule has 0 radical (unpaired) electrons. The van der Waals surface area contributed by atoms with Gasteiger partial charge in [0.15, 0.2) is 11.5 Å². The van der Waals surface area contributed by atoms with Crippen LogP contribution in [0.5, 0.6) is 40.2 Å². The number of benzene rings is 2. The summed E-state index contributed by atoms with van der Waals surface area (Å²) in [5.74, 6) is 2.60. The molecule has 0 bridgehead atoms. The Morgan fingerprint density at radius 3 is 1.41 bits per heavy atom. The Hall–Kier alpha value is -2.76. The van der Waals surface area contributed by atoms with Gasteiger partial charge in [-0.2, -0.15) is 0 Å². The van der Waals surface area contributed by atoms with E-state index >= 15 is 0 Å². The minimum absolute atomic E-state index is 0.0828. The second kappa shape index (κ2) is 6.80. The zero-order valence-electron chi connectivity index (χ0n) is 12.9. The van der Waals surface area contributed by atoms with Crippen LogP contribution in [0.3, 0.4) is 0 Å². The van der Waals surface area contributed by atoms with E-state index in [4.69, 9.17) is 23.7 Å². The number of hydrogen-bond donors (Lipinski definition) is 1. The van der Waals surface area contributed by atoms with Crippen LogP contribution in [-0.2, 0) is 0 Å². The standard InChI is InChI=1S/C16H18O6/c1-18-10-5-11(19-2)7-12(6-10)22-13-8-14(20-3)16(17)15(9-13)21-4/h5-9,17H,1-4H3. The summed E-state index contributed by atoms with van der Waals surface area (Å²) in [6, 6.07) is 8.29. The van der Waals surface area contributed by atoms with Crippen molar-refractivity contribution in [2.75, 3.05) is 28.4 Å². The molecule has 1 N–H and O–H groups in total. The number of aromatic hydroxyl groups is 1. The number of phenolic OH excluding ortho intramolecular Hbond substituents is 1. The molecule has 118 valence electrons. The van der Waals surface area contributed by atoms with Gasteiger partial charge >= 0.3 is 0 Å². The van der Waals surface area contributed by atoms with Crippen molar-refractivity contribution < 1.29 is 28.8 Å². The van der Waals surface area contributed by atoms with Crippen LogP contribution in [-0.4, -0.2) is 33.5 Å². The minimum Gasteiger partial charge on any atom is -0.502 e. The lowest BCUT2D eigenvalue weighted by Crippen LogP contribution is -1.93. The molecule has 0 aliphatic carbocycles. The molecule has 6 heteroatoms. The van der Waals surface area contributed by atoms with Crippen molar-refractivity contribution in [3.05, 3.63) is 30.3 Å². The van der Waals surface area contributed by atoms with Crippen LogP contribution in [0.4, 0.5) is 0 Å². The maximum atomic E-state index is 9.90. The van der Waals surface area contributed by atoms with Crippen molar-refractivity contribution in [2.45, 2.75) is 0 Å². The van der Waals surface area contributed by atoms with Crippen molar-refractivity contribution >= 4 is 0 Å². The van der Waals surface area contributed by atoms with Crippen LogP contribution in [0, 0.1) is 0 Å². The first kappa shape index (κ1) is 15.6. The summed E-state index contributed by atoms with van der Waals surface area (Å²) < 4.78 is 26.4. The molecule has 2 aromatic rings. The van der Waals surface area contributed by atoms with Gasteiger partial charge in [-0.1, -0.05) is 0 Å². The second-order valence-electron chi connectivity index (χ2n) is 4.33. The van der Waals surface area contributed by atoms with Crippen LogP contribution in [0.15, 0.2) is 30.3 Å². The summed E-state index contributed by atoms with van der Waals surface area (Å²) in [4.78, 5) is 0. The van der Waals surface area contributed by atoms with Gasteiger partial charge in [0.2, 0.25) is 5.75 Å². The molecule has 0 saturated heterocycles. The number of rotatable bonds is 6. The average Bonchev–Trinajstić information content (AvgIpc) is 2.55. The summed E-state index contributed by atoms with van der Waals surface area (Å²) in [5, 5.41) is 9.90. The molecule has 0 fully saturated rings. The number of methoxy groups -OCH3 is 4. The van der Waals surface area contributed by atoms with Crippen molar-refractivity contribution in [1.82, 2.24) is 0 Å². The largest absolute Gasteiger partial charge is 0.502 e. The van der Waals surface area contributed by atoms with E-state index in [-0.39, 0.29) is 17.2 Å². The lowest BCUT2D eigenvalue weighted by molar-refractivity contribution is 0.335. The first-order chi connectivity index (χ1) is 10.6. The quantitative estimate of drug-likeness (QED) is 0.884. The maximum Gasteiger partial charge on any atom is 0.201 e. The van der Waals surface area contributed by atoms with Gasteiger partial charge in [0.1, 0.15) is 23.0 Å². The van der Waals surface area contributed by atoms with E-state index in [1.165, 1.54) is 14.2 Å². The molecule has 22 heavy (non-hydrogen) atoms. The van der Waals surface area contributed by atoms with E-state index in [9.17, 15) is 5.11 Å². The predicted molar refractivity (Wildman–Crippen MR) is 80.8 cm³/mol. The highest BCUT2D eigenvalue weighted by Gasteiger charge is 2.13. The van der Waals surface area contributed by atoms with E-state index in [0.717, 1.165) is 0 Å². The Morgan fingerprint density at radius 1 is 0.591 bits per heavy atom. The van der Waals surface area contributed by atoms with Crippen molar-refractivity contribution in [1.29, 1.82) is 0 Å². The van der Waals surface area contributed by atoms with Crippen molar-refractivity contribution in [3.63, 3.8) is 0 Å². The van der Waals surface area contributed by atoms with Gasteiger partial charge in [-0.3, -0.25) is 0 Å². The van der Waals surface area contributed by atoms with E-state index in [1.54, 1.807) is 44.6 Å². The van der Waals surface area contributed by atoms with Gasteiger partial charge in [0.05, 0.1) is 28.4 Å². The molecular formula is C16H18O6. The SMILES string of the molecule is COc1cc(OC)cc(Oc2cc(OC)c(O)c(OC)c2)c1. The van der Waals surface area contributed by atoms with Crippen LogP contribution < -0.4 is 23.7 Å². The smallest absolute Gasteiger partial charge is 0.201 e. The lowest BCUT2D eigenvalue weighted by atomic mass is 10.2. The van der Waals surface area contributed by atoms with Gasteiger partial charge in [-0.25, -0.2) is 0 Å². The fraction of sp³-hybridized carbons (Fsp3) is 0.250. The number of hydrogen-bond acceptors (Lipinski definition) is 6. The predicted octanol–water partition coefficient (Wildman–Crippen LogP) is 3.22. The summed E-state index contributed by atoms with van der Waals surface area (Å²) in [5.41, 5.74) is 0. The van der Waals surface area contributed by atoms with E-state index in [1.807, 2.05) is 0 Å². The van der Waals surface area contributed by atoms with Crippen LogP contribution in [0.25, 0.3) is 0 Å². The number of phenols is 1. The molecule has 0 spiro atoms. The molecule has 0 heterocycles. The molecule has 0 unspecified atom stereocenters. The van der Waals surface area contributed by atoms with Crippen molar-refractivity contribution in [2.24, 2.45) is 0 Å². The Bertz CT molecular complexity index is 606. The van der Waals surface area contributed by atoms with Gasteiger partial charge in [-0.15, -0.1) is 0 Å². The Labute approximate surface area is 128 Å². The van der Waals surface area contributed by atoms with Crippen LogP contribution in [0.2, 0.25) is 0 Å². The van der Waals surface area contributed by atoms with Gasteiger partial charge in [0, 0.05) is 30.3 Å². The van der Waals surface area contributed by atoms with Gasteiger partial charge in [0.25, 0.3) is 0 Å². The highest BCUT2D eigenvalue weighted by atomic mass is 16.5. The summed E-state index contributed by atoms with van der Waals surface area (Å²) >= 11 is 0. The fourth-order valence-electron chi connectivity index (χ4n) is 1.90. The fourth-order valence-corrected chi connectivity index (χ4v) is 1.90. The summed E-state index contributed by atoms with van der Waals surface area (Å²) in [7, 11) is 6.02. The zero-order chi connectivity index (χ0) is 16.1. The molecule has 0 amide bonds. The maximum absolute atomic E-state index is 9.90. The molecule has 2 rings (SSSR count). The Kier molecular flexibility index (Phi) is 4.83. The second-order valence-corrected chi connectivity index (χ2v) is 4.33. The van der Waals surface area contributed by atoms with Crippen LogP contribution >= 0.6 is 0 Å². The molecule has 2 aromatic carbocycles. The van der Waals surface area contributed by atoms with E-state index < -0.39 is 0 Å². The van der Waals surface area contributed by atoms with Gasteiger partial charge < -0.3 is 28.8 Å². The molecular weight excluding hydrogens is 288 g/mol. The third-order valence-electron chi connectivity index (χ3n) is 3.01. The Morgan fingerprint density at radius 2 is 1.00 bits per heavy atom. The first-order valence-electron chi connectivity index (χ1n) is 6.47. The third kappa shape index (κ3) is 3.28. The molecule has 0 saturated carbocycles. The zero-order valence-corrected chi connectivity index (χ0v) is 12.9. The summed E-state index contributed by atoms with van der Waals surface area (Å²) in [6.07, 6.45) is 0. The average molecular weight is 306 g/mol. The van der Waals surface area contributed by atoms with Gasteiger partial charge in [-0.05, 0) is 0 Å². The highest BCUT2D eigenvalue weighted by Crippen LogP contribution is 2.41. The lowest BCUT2D eigenvalue weighted by Gasteiger charge is -2.13. The monoisotopic (exact) mass is 306 g/mol. The summed E-state index contributed by atoms with van der Waals surface area (Å²) in [6.45, 7) is 0. The molecule has 0 aromatic heterocycles. The van der Waals surface area contributed by atoms with E-state index in [2.05, 4.69) is 0 Å². The normalized spacial score (nSPS) is 10.0. The minimum atomic E-state index is -0.0828.